The summed E-state index contributed by atoms with van der Waals surface area (Å²) in [5.41, 5.74) is 0.894. The molecule has 0 radical (unpaired) electrons. The second kappa shape index (κ2) is 6.43. The van der Waals surface area contributed by atoms with E-state index in [1.165, 1.54) is 0 Å². The van der Waals surface area contributed by atoms with Crippen molar-refractivity contribution >= 4 is 11.5 Å². The van der Waals surface area contributed by atoms with Crippen LogP contribution < -0.4 is 9.64 Å². The van der Waals surface area contributed by atoms with Gasteiger partial charge in [-0.25, -0.2) is 9.97 Å². The molecule has 1 aliphatic heterocycles. The number of pyridine rings is 1. The summed E-state index contributed by atoms with van der Waals surface area (Å²) in [7, 11) is 0. The summed E-state index contributed by atoms with van der Waals surface area (Å²) in [6.07, 6.45) is 5.80. The second-order valence-corrected chi connectivity index (χ2v) is 5.92. The molecule has 3 aromatic heterocycles. The van der Waals surface area contributed by atoms with E-state index in [1.807, 2.05) is 37.4 Å². The minimum atomic E-state index is 0.335. The minimum absolute atomic E-state index is 0.335. The standard InChI is InChI=1S/C17H20N6O/c1-2-24-16-10-15(18-12-19-16)22-8-5-6-13(11-22)17-21-20-14-7-3-4-9-23(14)17/h3-4,7,9-10,12-13H,2,5-6,8,11H2,1H3/t13-/m1/s1. The van der Waals surface area contributed by atoms with Crippen molar-refractivity contribution in [1.29, 1.82) is 0 Å². The molecule has 3 aromatic rings. The van der Waals surface area contributed by atoms with Crippen molar-refractivity contribution in [1.82, 2.24) is 24.6 Å². The maximum Gasteiger partial charge on any atom is 0.218 e. The number of rotatable bonds is 4. The van der Waals surface area contributed by atoms with Crippen molar-refractivity contribution in [3.8, 4) is 5.88 Å². The zero-order valence-corrected chi connectivity index (χ0v) is 13.7. The highest BCUT2D eigenvalue weighted by Crippen LogP contribution is 2.29. The Hall–Kier alpha value is -2.70. The van der Waals surface area contributed by atoms with Crippen molar-refractivity contribution in [3.63, 3.8) is 0 Å². The Labute approximate surface area is 140 Å². The number of hydrogen-bond acceptors (Lipinski definition) is 6. The summed E-state index contributed by atoms with van der Waals surface area (Å²) in [6, 6.07) is 7.89. The monoisotopic (exact) mass is 324 g/mol. The van der Waals surface area contributed by atoms with E-state index in [0.717, 1.165) is 43.2 Å². The fraction of sp³-hybridized carbons (Fsp3) is 0.412. The molecule has 0 aliphatic carbocycles. The lowest BCUT2D eigenvalue weighted by molar-refractivity contribution is 0.326. The van der Waals surface area contributed by atoms with Crippen LogP contribution in [0.4, 0.5) is 5.82 Å². The van der Waals surface area contributed by atoms with Crippen molar-refractivity contribution in [2.24, 2.45) is 0 Å². The maximum absolute atomic E-state index is 5.49. The molecule has 1 fully saturated rings. The molecule has 1 atom stereocenters. The van der Waals surface area contributed by atoms with Crippen LogP contribution in [-0.2, 0) is 0 Å². The lowest BCUT2D eigenvalue weighted by atomic mass is 9.97. The van der Waals surface area contributed by atoms with Crippen LogP contribution in [0.5, 0.6) is 5.88 Å². The van der Waals surface area contributed by atoms with Gasteiger partial charge in [0.15, 0.2) is 5.65 Å². The number of hydrogen-bond donors (Lipinski definition) is 0. The molecule has 0 aromatic carbocycles. The summed E-state index contributed by atoms with van der Waals surface area (Å²) in [5, 5.41) is 8.70. The highest BCUT2D eigenvalue weighted by molar-refractivity contribution is 5.43. The summed E-state index contributed by atoms with van der Waals surface area (Å²) >= 11 is 0. The fourth-order valence-corrected chi connectivity index (χ4v) is 3.26. The fourth-order valence-electron chi connectivity index (χ4n) is 3.26. The highest BCUT2D eigenvalue weighted by atomic mass is 16.5. The molecule has 0 amide bonds. The number of piperidine rings is 1. The highest BCUT2D eigenvalue weighted by Gasteiger charge is 2.26. The van der Waals surface area contributed by atoms with E-state index < -0.39 is 0 Å². The van der Waals surface area contributed by atoms with E-state index in [2.05, 4.69) is 29.5 Å². The van der Waals surface area contributed by atoms with Gasteiger partial charge in [-0.05, 0) is 31.9 Å². The largest absolute Gasteiger partial charge is 0.478 e. The molecule has 1 aliphatic rings. The Morgan fingerprint density at radius 2 is 2.21 bits per heavy atom. The van der Waals surface area contributed by atoms with Crippen LogP contribution in [0.15, 0.2) is 36.8 Å². The van der Waals surface area contributed by atoms with Crippen LogP contribution in [0.2, 0.25) is 0 Å². The average Bonchev–Trinajstić information content (AvgIpc) is 3.07. The first kappa shape index (κ1) is 14.9. The predicted molar refractivity (Wildman–Crippen MR) is 90.4 cm³/mol. The van der Waals surface area contributed by atoms with E-state index in [9.17, 15) is 0 Å². The molecule has 24 heavy (non-hydrogen) atoms. The molecule has 4 rings (SSSR count). The molecule has 124 valence electrons. The van der Waals surface area contributed by atoms with Crippen molar-refractivity contribution < 1.29 is 4.74 Å². The van der Waals surface area contributed by atoms with Crippen molar-refractivity contribution in [3.05, 3.63) is 42.6 Å². The van der Waals surface area contributed by atoms with Crippen LogP contribution in [0.1, 0.15) is 31.5 Å². The first-order valence-corrected chi connectivity index (χ1v) is 8.34. The summed E-state index contributed by atoms with van der Waals surface area (Å²) in [4.78, 5) is 10.8. The molecule has 0 unspecified atom stereocenters. The molecule has 0 saturated carbocycles. The van der Waals surface area contributed by atoms with E-state index in [4.69, 9.17) is 4.74 Å². The maximum atomic E-state index is 5.49. The normalized spacial score (nSPS) is 18.0. The third-order valence-corrected chi connectivity index (χ3v) is 4.37. The summed E-state index contributed by atoms with van der Waals surface area (Å²) in [5.74, 6) is 2.89. The van der Waals surface area contributed by atoms with Gasteiger partial charge in [0.1, 0.15) is 18.0 Å². The molecular formula is C17H20N6O. The Morgan fingerprint density at radius 3 is 3.12 bits per heavy atom. The van der Waals surface area contributed by atoms with E-state index in [0.29, 0.717) is 18.4 Å². The lowest BCUT2D eigenvalue weighted by Crippen LogP contribution is -2.35. The van der Waals surface area contributed by atoms with Gasteiger partial charge in [-0.15, -0.1) is 10.2 Å². The van der Waals surface area contributed by atoms with E-state index in [1.54, 1.807) is 6.33 Å². The smallest absolute Gasteiger partial charge is 0.218 e. The lowest BCUT2D eigenvalue weighted by Gasteiger charge is -2.32. The summed E-state index contributed by atoms with van der Waals surface area (Å²) < 4.78 is 7.57. The molecule has 0 N–H and O–H groups in total. The van der Waals surface area contributed by atoms with Gasteiger partial charge in [0.05, 0.1) is 6.61 Å². The summed E-state index contributed by atoms with van der Waals surface area (Å²) in [6.45, 7) is 4.41. The van der Waals surface area contributed by atoms with Gasteiger partial charge in [0.2, 0.25) is 5.88 Å². The number of nitrogens with zero attached hydrogens (tertiary/aromatic N) is 6. The SMILES string of the molecule is CCOc1cc(N2CCC[C@@H](c3nnc4ccccn34)C2)ncn1. The van der Waals surface area contributed by atoms with Crippen LogP contribution >= 0.6 is 0 Å². The topological polar surface area (TPSA) is 68.4 Å². The van der Waals surface area contributed by atoms with Gasteiger partial charge in [0.25, 0.3) is 0 Å². The Bertz CT molecular complexity index is 833. The molecule has 0 spiro atoms. The van der Waals surface area contributed by atoms with Crippen LogP contribution in [-0.4, -0.2) is 44.3 Å². The Morgan fingerprint density at radius 1 is 1.25 bits per heavy atom. The molecule has 7 heteroatoms. The molecule has 7 nitrogen and oxygen atoms in total. The Balaban J connectivity index is 1.58. The zero-order valence-electron chi connectivity index (χ0n) is 13.7. The number of ether oxygens (including phenoxy) is 1. The first-order valence-electron chi connectivity index (χ1n) is 8.34. The quantitative estimate of drug-likeness (QED) is 0.733. The van der Waals surface area contributed by atoms with Crippen LogP contribution in [0.25, 0.3) is 5.65 Å². The van der Waals surface area contributed by atoms with E-state index >= 15 is 0 Å². The van der Waals surface area contributed by atoms with E-state index in [-0.39, 0.29) is 0 Å². The van der Waals surface area contributed by atoms with Gasteiger partial charge < -0.3 is 9.64 Å². The van der Waals surface area contributed by atoms with Gasteiger partial charge in [-0.3, -0.25) is 4.40 Å². The van der Waals surface area contributed by atoms with Gasteiger partial charge >= 0.3 is 0 Å². The third-order valence-electron chi connectivity index (χ3n) is 4.37. The third kappa shape index (κ3) is 2.77. The number of fused-ring (bicyclic) bond motifs is 1. The van der Waals surface area contributed by atoms with Crippen LogP contribution in [0.3, 0.4) is 0 Å². The average molecular weight is 324 g/mol. The van der Waals surface area contributed by atoms with Crippen LogP contribution in [0, 0.1) is 0 Å². The van der Waals surface area contributed by atoms with Gasteiger partial charge in [-0.2, -0.15) is 0 Å². The molecule has 1 saturated heterocycles. The molecule has 4 heterocycles. The minimum Gasteiger partial charge on any atom is -0.478 e. The van der Waals surface area contributed by atoms with Crippen molar-refractivity contribution in [2.45, 2.75) is 25.7 Å². The predicted octanol–water partition coefficient (Wildman–Crippen LogP) is 2.30. The first-order chi connectivity index (χ1) is 11.8. The number of anilines is 1. The van der Waals surface area contributed by atoms with Gasteiger partial charge in [0, 0.05) is 31.3 Å². The Kier molecular flexibility index (Phi) is 3.98. The number of aromatic nitrogens is 5. The zero-order chi connectivity index (χ0) is 16.4. The second-order valence-electron chi connectivity index (χ2n) is 5.92. The van der Waals surface area contributed by atoms with Gasteiger partial charge in [-0.1, -0.05) is 6.07 Å². The molecular weight excluding hydrogens is 304 g/mol. The molecule has 0 bridgehead atoms. The van der Waals surface area contributed by atoms with Crippen molar-refractivity contribution in [2.75, 3.05) is 24.6 Å².